The van der Waals surface area contributed by atoms with E-state index in [1.54, 1.807) is 37.5 Å². The molecule has 1 saturated heterocycles. The standard InChI is InChI=1S/C24H28N2O4/c1-29-22-8-4-3-7-20(22)21(26-15-5-6-16-26)17-25-23(27)14-11-18-9-12-19(13-10-18)24(28)30-2/h3-4,7-14,21H,5-6,15-17H2,1-2H3,(H,25,27)/b14-11+. The fourth-order valence-electron chi connectivity index (χ4n) is 3.71. The second-order valence-electron chi connectivity index (χ2n) is 7.19. The van der Waals surface area contributed by atoms with Crippen LogP contribution in [0.15, 0.2) is 54.6 Å². The number of rotatable bonds is 8. The molecule has 1 aliphatic rings. The van der Waals surface area contributed by atoms with Gasteiger partial charge in [-0.2, -0.15) is 0 Å². The normalized spacial score (nSPS) is 15.1. The number of nitrogens with zero attached hydrogens (tertiary/aromatic N) is 1. The summed E-state index contributed by atoms with van der Waals surface area (Å²) in [6, 6.07) is 14.9. The lowest BCUT2D eigenvalue weighted by atomic mass is 10.0. The number of para-hydroxylation sites is 1. The van der Waals surface area contributed by atoms with Gasteiger partial charge in [-0.3, -0.25) is 9.69 Å². The fourth-order valence-corrected chi connectivity index (χ4v) is 3.71. The van der Waals surface area contributed by atoms with Gasteiger partial charge in [-0.1, -0.05) is 30.3 Å². The van der Waals surface area contributed by atoms with Gasteiger partial charge in [0, 0.05) is 18.2 Å². The Balaban J connectivity index is 1.64. The maximum atomic E-state index is 12.4. The summed E-state index contributed by atoms with van der Waals surface area (Å²) in [5.74, 6) is 0.295. The van der Waals surface area contributed by atoms with Crippen molar-refractivity contribution < 1.29 is 19.1 Å². The molecule has 30 heavy (non-hydrogen) atoms. The summed E-state index contributed by atoms with van der Waals surface area (Å²) in [6.45, 7) is 2.53. The van der Waals surface area contributed by atoms with Gasteiger partial charge in [0.05, 0.1) is 25.8 Å². The van der Waals surface area contributed by atoms with Gasteiger partial charge in [0.1, 0.15) is 5.75 Å². The molecule has 0 radical (unpaired) electrons. The van der Waals surface area contributed by atoms with Crippen LogP contribution in [0.1, 0.15) is 40.4 Å². The minimum Gasteiger partial charge on any atom is -0.496 e. The van der Waals surface area contributed by atoms with E-state index in [9.17, 15) is 9.59 Å². The first-order chi connectivity index (χ1) is 14.6. The van der Waals surface area contributed by atoms with Gasteiger partial charge >= 0.3 is 5.97 Å². The van der Waals surface area contributed by atoms with Crippen molar-refractivity contribution >= 4 is 18.0 Å². The largest absolute Gasteiger partial charge is 0.496 e. The Morgan fingerprint density at radius 3 is 2.43 bits per heavy atom. The molecule has 0 saturated carbocycles. The zero-order valence-electron chi connectivity index (χ0n) is 17.5. The summed E-state index contributed by atoms with van der Waals surface area (Å²) < 4.78 is 10.2. The van der Waals surface area contributed by atoms with Crippen LogP contribution in [0.2, 0.25) is 0 Å². The molecule has 6 nitrogen and oxygen atoms in total. The third-order valence-electron chi connectivity index (χ3n) is 5.31. The number of methoxy groups -OCH3 is 2. The molecule has 0 bridgehead atoms. The molecule has 1 heterocycles. The highest BCUT2D eigenvalue weighted by molar-refractivity contribution is 5.92. The van der Waals surface area contributed by atoms with E-state index in [1.165, 1.54) is 26.0 Å². The topological polar surface area (TPSA) is 67.9 Å². The van der Waals surface area contributed by atoms with E-state index in [2.05, 4.69) is 21.0 Å². The number of hydrogen-bond donors (Lipinski definition) is 1. The highest BCUT2D eigenvalue weighted by Crippen LogP contribution is 2.31. The molecule has 1 atom stereocenters. The Bertz CT molecular complexity index is 886. The zero-order valence-corrected chi connectivity index (χ0v) is 17.5. The van der Waals surface area contributed by atoms with E-state index < -0.39 is 0 Å². The maximum Gasteiger partial charge on any atom is 0.337 e. The van der Waals surface area contributed by atoms with Gasteiger partial charge in [0.25, 0.3) is 0 Å². The fraction of sp³-hybridized carbons (Fsp3) is 0.333. The lowest BCUT2D eigenvalue weighted by Crippen LogP contribution is -2.36. The van der Waals surface area contributed by atoms with Crippen molar-refractivity contribution in [3.05, 3.63) is 71.3 Å². The first-order valence-corrected chi connectivity index (χ1v) is 10.1. The van der Waals surface area contributed by atoms with Gasteiger partial charge in [0.2, 0.25) is 5.91 Å². The van der Waals surface area contributed by atoms with E-state index in [4.69, 9.17) is 4.74 Å². The third kappa shape index (κ3) is 5.48. The molecule has 1 fully saturated rings. The highest BCUT2D eigenvalue weighted by Gasteiger charge is 2.26. The van der Waals surface area contributed by atoms with E-state index in [0.29, 0.717) is 12.1 Å². The zero-order chi connectivity index (χ0) is 21.3. The molecule has 0 aromatic heterocycles. The Hall–Kier alpha value is -3.12. The van der Waals surface area contributed by atoms with Crippen LogP contribution in [0.5, 0.6) is 5.75 Å². The van der Waals surface area contributed by atoms with Crippen LogP contribution in [-0.2, 0) is 9.53 Å². The van der Waals surface area contributed by atoms with Gasteiger partial charge in [-0.05, 0) is 55.8 Å². The van der Waals surface area contributed by atoms with Gasteiger partial charge < -0.3 is 14.8 Å². The number of esters is 1. The Morgan fingerprint density at radius 2 is 1.77 bits per heavy atom. The average Bonchev–Trinajstić information content (AvgIpc) is 3.32. The minimum absolute atomic E-state index is 0.0698. The predicted octanol–water partition coefficient (Wildman–Crippen LogP) is 3.45. The summed E-state index contributed by atoms with van der Waals surface area (Å²) in [6.07, 6.45) is 5.57. The lowest BCUT2D eigenvalue weighted by molar-refractivity contribution is -0.116. The number of carbonyl (C=O) groups excluding carboxylic acids is 2. The molecular formula is C24H28N2O4. The van der Waals surface area contributed by atoms with E-state index >= 15 is 0 Å². The summed E-state index contributed by atoms with van der Waals surface area (Å²) >= 11 is 0. The van der Waals surface area contributed by atoms with Crippen LogP contribution in [0, 0.1) is 0 Å². The molecule has 2 aromatic carbocycles. The van der Waals surface area contributed by atoms with E-state index in [-0.39, 0.29) is 17.9 Å². The van der Waals surface area contributed by atoms with Crippen LogP contribution in [0.25, 0.3) is 6.08 Å². The smallest absolute Gasteiger partial charge is 0.337 e. The van der Waals surface area contributed by atoms with Crippen molar-refractivity contribution in [2.45, 2.75) is 18.9 Å². The summed E-state index contributed by atoms with van der Waals surface area (Å²) in [5.41, 5.74) is 2.40. The number of likely N-dealkylation sites (tertiary alicyclic amines) is 1. The van der Waals surface area contributed by atoms with E-state index in [0.717, 1.165) is 30.0 Å². The van der Waals surface area contributed by atoms with Crippen LogP contribution in [0.4, 0.5) is 0 Å². The second-order valence-corrected chi connectivity index (χ2v) is 7.19. The third-order valence-corrected chi connectivity index (χ3v) is 5.31. The van der Waals surface area contributed by atoms with Crippen molar-refractivity contribution in [3.8, 4) is 5.75 Å². The number of amides is 1. The number of ether oxygens (including phenoxy) is 2. The Kier molecular flexibility index (Phi) is 7.63. The average molecular weight is 408 g/mol. The predicted molar refractivity (Wildman–Crippen MR) is 116 cm³/mol. The van der Waals surface area contributed by atoms with Crippen LogP contribution in [-0.4, -0.2) is 50.6 Å². The van der Waals surface area contributed by atoms with Crippen LogP contribution in [0.3, 0.4) is 0 Å². The molecule has 6 heteroatoms. The van der Waals surface area contributed by atoms with Crippen LogP contribution < -0.4 is 10.1 Å². The lowest BCUT2D eigenvalue weighted by Gasteiger charge is -2.29. The highest BCUT2D eigenvalue weighted by atomic mass is 16.5. The van der Waals surface area contributed by atoms with Crippen molar-refractivity contribution in [1.82, 2.24) is 10.2 Å². The number of nitrogens with one attached hydrogen (secondary N) is 1. The van der Waals surface area contributed by atoms with E-state index in [1.807, 2.05) is 18.2 Å². The van der Waals surface area contributed by atoms with Gasteiger partial charge in [-0.15, -0.1) is 0 Å². The quantitative estimate of drug-likeness (QED) is 0.535. The minimum atomic E-state index is -0.382. The van der Waals surface area contributed by atoms with Crippen LogP contribution >= 0.6 is 0 Å². The first-order valence-electron chi connectivity index (χ1n) is 10.1. The number of carbonyl (C=O) groups is 2. The van der Waals surface area contributed by atoms with Crippen molar-refractivity contribution in [1.29, 1.82) is 0 Å². The molecular weight excluding hydrogens is 380 g/mol. The molecule has 1 N–H and O–H groups in total. The van der Waals surface area contributed by atoms with Crippen molar-refractivity contribution in [2.24, 2.45) is 0 Å². The monoisotopic (exact) mass is 408 g/mol. The molecule has 158 valence electrons. The van der Waals surface area contributed by atoms with Crippen molar-refractivity contribution in [3.63, 3.8) is 0 Å². The summed E-state index contributed by atoms with van der Waals surface area (Å²) in [4.78, 5) is 26.3. The SMILES string of the molecule is COC(=O)c1ccc(/C=C/C(=O)NCC(c2ccccc2OC)N2CCCC2)cc1. The molecule has 2 aromatic rings. The van der Waals surface area contributed by atoms with Gasteiger partial charge in [0.15, 0.2) is 0 Å². The summed E-state index contributed by atoms with van der Waals surface area (Å²) in [7, 11) is 3.02. The maximum absolute atomic E-state index is 12.4. The van der Waals surface area contributed by atoms with Crippen molar-refractivity contribution in [2.75, 3.05) is 33.9 Å². The van der Waals surface area contributed by atoms with Gasteiger partial charge in [-0.25, -0.2) is 4.79 Å². The number of hydrogen-bond acceptors (Lipinski definition) is 5. The summed E-state index contributed by atoms with van der Waals surface area (Å²) in [5, 5.41) is 3.02. The molecule has 1 unspecified atom stereocenters. The molecule has 3 rings (SSSR count). The first kappa shape index (κ1) is 21.6. The Labute approximate surface area is 177 Å². The second kappa shape index (κ2) is 10.6. The molecule has 1 aliphatic heterocycles. The molecule has 0 aliphatic carbocycles. The Morgan fingerprint density at radius 1 is 1.07 bits per heavy atom. The molecule has 1 amide bonds. The number of benzene rings is 2. The molecule has 0 spiro atoms.